The van der Waals surface area contributed by atoms with E-state index in [1.807, 2.05) is 0 Å². The van der Waals surface area contributed by atoms with Gasteiger partial charge in [0, 0.05) is 12.1 Å². The maximum atomic E-state index is 2.99. The van der Waals surface area contributed by atoms with Crippen LogP contribution in [0.15, 0.2) is 0 Å². The number of likely N-dealkylation sites (tertiary alicyclic amines) is 1. The smallest absolute Gasteiger partial charge is 0.114 e. The van der Waals surface area contributed by atoms with Crippen molar-refractivity contribution >= 4 is 17.1 Å². The first-order valence-corrected chi connectivity index (χ1v) is 5.83. The molecule has 1 rings (SSSR count). The minimum absolute atomic E-state index is 0.352. The van der Waals surface area contributed by atoms with E-state index < -0.39 is 0 Å². The van der Waals surface area contributed by atoms with Gasteiger partial charge in [0.05, 0.1) is 0 Å². The summed E-state index contributed by atoms with van der Waals surface area (Å²) in [6.07, 6.45) is 1.35. The Balaban J connectivity index is 2.55. The van der Waals surface area contributed by atoms with E-state index in [1.165, 1.54) is 19.5 Å². The summed E-state index contributed by atoms with van der Waals surface area (Å²) < 4.78 is 0. The molecule has 0 aromatic carbocycles. The van der Waals surface area contributed by atoms with Crippen molar-refractivity contribution < 1.29 is 0 Å². The van der Waals surface area contributed by atoms with Crippen LogP contribution in [0.2, 0.25) is 0 Å². The average Bonchev–Trinajstić information content (AvgIpc) is 2.28. The van der Waals surface area contributed by atoms with Crippen LogP contribution in [-0.2, 0) is 0 Å². The second-order valence-electron chi connectivity index (χ2n) is 5.92. The van der Waals surface area contributed by atoms with Crippen molar-refractivity contribution in [2.45, 2.75) is 44.7 Å². The van der Waals surface area contributed by atoms with Crippen molar-refractivity contribution in [3.8, 4) is 0 Å². The van der Waals surface area contributed by atoms with Gasteiger partial charge in [0.15, 0.2) is 0 Å². The minimum Gasteiger partial charge on any atom is -0.298 e. The van der Waals surface area contributed by atoms with Crippen LogP contribution < -0.4 is 0 Å². The molecule has 3 unspecified atom stereocenters. The topological polar surface area (TPSA) is 3.24 Å². The standard InChI is InChI=1S/C10H23BNP/c1-9(2,3)12-6-5-8(7-12)10(4,11)13/h8H,5-7,11,13H2,1-4H3. The van der Waals surface area contributed by atoms with Gasteiger partial charge in [-0.05, 0) is 44.7 Å². The second kappa shape index (κ2) is 3.55. The molecule has 3 heteroatoms. The second-order valence-corrected chi connectivity index (χ2v) is 7.41. The highest BCUT2D eigenvalue weighted by Gasteiger charge is 2.35. The lowest BCUT2D eigenvalue weighted by Gasteiger charge is -2.33. The van der Waals surface area contributed by atoms with Crippen LogP contribution in [0.5, 0.6) is 0 Å². The number of nitrogens with zero attached hydrogens (tertiary/aromatic N) is 1. The molecule has 0 N–H and O–H groups in total. The third kappa shape index (κ3) is 2.96. The Morgan fingerprint density at radius 3 is 2.08 bits per heavy atom. The molecule has 1 aliphatic heterocycles. The maximum Gasteiger partial charge on any atom is 0.114 e. The molecule has 76 valence electrons. The molecule has 1 aliphatic rings. The van der Waals surface area contributed by atoms with Crippen molar-refractivity contribution in [2.75, 3.05) is 13.1 Å². The molecule has 1 saturated heterocycles. The van der Waals surface area contributed by atoms with E-state index >= 15 is 0 Å². The van der Waals surface area contributed by atoms with Gasteiger partial charge >= 0.3 is 0 Å². The number of hydrogen-bond acceptors (Lipinski definition) is 1. The Kier molecular flexibility index (Phi) is 3.15. The van der Waals surface area contributed by atoms with Gasteiger partial charge in [-0.3, -0.25) is 4.90 Å². The Morgan fingerprint density at radius 1 is 1.31 bits per heavy atom. The Labute approximate surface area is 86.3 Å². The van der Waals surface area contributed by atoms with Gasteiger partial charge in [-0.25, -0.2) is 0 Å². The Morgan fingerprint density at radius 2 is 1.85 bits per heavy atom. The summed E-state index contributed by atoms with van der Waals surface area (Å²) in [6.45, 7) is 11.8. The van der Waals surface area contributed by atoms with Crippen LogP contribution in [0.4, 0.5) is 0 Å². The molecule has 0 aromatic heterocycles. The third-order valence-electron chi connectivity index (χ3n) is 3.19. The van der Waals surface area contributed by atoms with Crippen molar-refractivity contribution in [1.82, 2.24) is 4.90 Å². The lowest BCUT2D eigenvalue weighted by Crippen LogP contribution is -2.41. The summed E-state index contributed by atoms with van der Waals surface area (Å²) in [7, 11) is 5.32. The van der Waals surface area contributed by atoms with Crippen molar-refractivity contribution in [3.63, 3.8) is 0 Å². The molecule has 1 heterocycles. The minimum atomic E-state index is 0.352. The molecular weight excluding hydrogens is 176 g/mol. The van der Waals surface area contributed by atoms with E-state index in [0.717, 1.165) is 5.92 Å². The van der Waals surface area contributed by atoms with Crippen molar-refractivity contribution in [2.24, 2.45) is 5.92 Å². The summed E-state index contributed by atoms with van der Waals surface area (Å²) in [5.74, 6) is 0.844. The molecule has 0 spiro atoms. The van der Waals surface area contributed by atoms with Gasteiger partial charge in [-0.15, -0.1) is 9.24 Å². The van der Waals surface area contributed by atoms with E-state index in [2.05, 4.69) is 49.7 Å². The largest absolute Gasteiger partial charge is 0.298 e. The van der Waals surface area contributed by atoms with Crippen LogP contribution in [0.1, 0.15) is 34.1 Å². The molecule has 0 radical (unpaired) electrons. The van der Waals surface area contributed by atoms with E-state index in [0.29, 0.717) is 10.6 Å². The highest BCUT2D eigenvalue weighted by atomic mass is 31.0. The highest BCUT2D eigenvalue weighted by Crippen LogP contribution is 2.34. The first kappa shape index (κ1) is 11.5. The first-order valence-electron chi connectivity index (χ1n) is 5.25. The molecule has 13 heavy (non-hydrogen) atoms. The van der Waals surface area contributed by atoms with Gasteiger partial charge in [-0.1, -0.05) is 6.92 Å². The summed E-state index contributed by atoms with van der Waals surface area (Å²) >= 11 is 0. The molecule has 0 saturated carbocycles. The number of rotatable bonds is 1. The van der Waals surface area contributed by atoms with Crippen LogP contribution in [0.25, 0.3) is 0 Å². The Bertz CT molecular complexity index is 160. The van der Waals surface area contributed by atoms with Crippen LogP contribution >= 0.6 is 9.24 Å². The van der Waals surface area contributed by atoms with Gasteiger partial charge in [-0.2, -0.15) is 0 Å². The van der Waals surface area contributed by atoms with Gasteiger partial charge in [0.1, 0.15) is 7.85 Å². The first-order chi connectivity index (χ1) is 5.71. The zero-order chi connectivity index (χ0) is 10.3. The molecule has 0 aromatic rings. The third-order valence-corrected chi connectivity index (χ3v) is 3.66. The van der Waals surface area contributed by atoms with E-state index in [1.54, 1.807) is 0 Å². The number of hydrogen-bond donors (Lipinski definition) is 0. The fourth-order valence-corrected chi connectivity index (χ4v) is 2.25. The van der Waals surface area contributed by atoms with Gasteiger partial charge < -0.3 is 0 Å². The molecule has 0 bridgehead atoms. The van der Waals surface area contributed by atoms with Gasteiger partial charge in [0.25, 0.3) is 0 Å². The van der Waals surface area contributed by atoms with E-state index in [9.17, 15) is 0 Å². The van der Waals surface area contributed by atoms with Gasteiger partial charge in [0.2, 0.25) is 0 Å². The lowest BCUT2D eigenvalue weighted by molar-refractivity contribution is 0.167. The fraction of sp³-hybridized carbons (Fsp3) is 1.00. The zero-order valence-corrected chi connectivity index (χ0v) is 10.9. The normalized spacial score (nSPS) is 30.4. The van der Waals surface area contributed by atoms with Crippen LogP contribution in [-0.4, -0.2) is 36.4 Å². The summed E-state index contributed by atoms with van der Waals surface area (Å²) in [5.41, 5.74) is 0.352. The molecule has 1 fully saturated rings. The Hall–Kier alpha value is 0.455. The SMILES string of the molecule is BC(C)(P)C1CCN(C(C)(C)C)C1. The molecule has 3 atom stereocenters. The summed E-state index contributed by atoms with van der Waals surface area (Å²) in [6, 6.07) is 0. The van der Waals surface area contributed by atoms with E-state index in [-0.39, 0.29) is 0 Å². The summed E-state index contributed by atoms with van der Waals surface area (Å²) in [5, 5.41) is 0.403. The zero-order valence-electron chi connectivity index (χ0n) is 9.72. The predicted octanol–water partition coefficient (Wildman–Crippen LogP) is 1.33. The van der Waals surface area contributed by atoms with Crippen LogP contribution in [0, 0.1) is 5.92 Å². The summed E-state index contributed by atoms with van der Waals surface area (Å²) in [4.78, 5) is 2.60. The van der Waals surface area contributed by atoms with Crippen molar-refractivity contribution in [3.05, 3.63) is 0 Å². The average molecular weight is 199 g/mol. The quantitative estimate of drug-likeness (QED) is 0.455. The monoisotopic (exact) mass is 199 g/mol. The highest BCUT2D eigenvalue weighted by molar-refractivity contribution is 7.22. The van der Waals surface area contributed by atoms with Crippen LogP contribution in [0.3, 0.4) is 0 Å². The molecule has 0 amide bonds. The maximum absolute atomic E-state index is 2.99. The molecule has 0 aliphatic carbocycles. The molecular formula is C10H23BNP. The predicted molar refractivity (Wildman–Crippen MR) is 66.1 cm³/mol. The van der Waals surface area contributed by atoms with E-state index in [4.69, 9.17) is 0 Å². The fourth-order valence-electron chi connectivity index (χ4n) is 1.98. The van der Waals surface area contributed by atoms with Crippen molar-refractivity contribution in [1.29, 1.82) is 0 Å². The lowest BCUT2D eigenvalue weighted by atomic mass is 9.76. The molecule has 1 nitrogen and oxygen atoms in total.